The zero-order valence-electron chi connectivity index (χ0n) is 14.3. The molecule has 3 heterocycles. The smallest absolute Gasteiger partial charge is 0.269 e. The number of nitrogens with zero attached hydrogens (tertiary/aromatic N) is 2. The van der Waals surface area contributed by atoms with Crippen LogP contribution in [0.5, 0.6) is 0 Å². The van der Waals surface area contributed by atoms with Crippen molar-refractivity contribution in [1.29, 1.82) is 0 Å². The van der Waals surface area contributed by atoms with E-state index in [9.17, 15) is 13.2 Å². The molecule has 24 heavy (non-hydrogen) atoms. The number of likely N-dealkylation sites (tertiary alicyclic amines) is 1. The molecule has 0 aromatic carbocycles. The lowest BCUT2D eigenvalue weighted by atomic mass is 9.88. The molecule has 3 rings (SSSR count). The van der Waals surface area contributed by atoms with Crippen LogP contribution in [0.3, 0.4) is 0 Å². The first-order chi connectivity index (χ1) is 11.4. The van der Waals surface area contributed by atoms with E-state index in [1.54, 1.807) is 0 Å². The van der Waals surface area contributed by atoms with Gasteiger partial charge in [0.05, 0.1) is 11.5 Å². The lowest BCUT2D eigenvalue weighted by molar-refractivity contribution is -0.115. The van der Waals surface area contributed by atoms with Gasteiger partial charge in [0.15, 0.2) is 15.4 Å². The van der Waals surface area contributed by atoms with Gasteiger partial charge in [-0.3, -0.25) is 9.69 Å². The quantitative estimate of drug-likeness (QED) is 0.782. The Labute approximate surface area is 143 Å². The number of sulfone groups is 1. The highest BCUT2D eigenvalue weighted by Gasteiger charge is 2.44. The van der Waals surface area contributed by atoms with Gasteiger partial charge in [-0.2, -0.15) is 0 Å². The van der Waals surface area contributed by atoms with Gasteiger partial charge in [0.2, 0.25) is 0 Å². The molecule has 0 bridgehead atoms. The molecule has 3 aliphatic rings. The molecule has 0 aromatic heterocycles. The maximum Gasteiger partial charge on any atom is 0.269 e. The molecule has 1 spiro atoms. The summed E-state index contributed by atoms with van der Waals surface area (Å²) in [6, 6.07) is -0.297. The van der Waals surface area contributed by atoms with Crippen molar-refractivity contribution >= 4 is 21.5 Å². The van der Waals surface area contributed by atoms with Crippen molar-refractivity contribution in [2.24, 2.45) is 5.16 Å². The molecule has 0 radical (unpaired) electrons. The molecular weight excluding hydrogens is 330 g/mol. The summed E-state index contributed by atoms with van der Waals surface area (Å²) in [5.74, 6) is -0.0975. The first kappa shape index (κ1) is 17.7. The van der Waals surface area contributed by atoms with Gasteiger partial charge in [-0.1, -0.05) is 18.5 Å². The van der Waals surface area contributed by atoms with E-state index >= 15 is 0 Å². The largest absolute Gasteiger partial charge is 0.387 e. The van der Waals surface area contributed by atoms with Crippen molar-refractivity contribution in [1.82, 2.24) is 10.2 Å². The van der Waals surface area contributed by atoms with E-state index < -0.39 is 9.84 Å². The van der Waals surface area contributed by atoms with Gasteiger partial charge in [-0.05, 0) is 38.8 Å². The minimum absolute atomic E-state index is 0.0306. The Morgan fingerprint density at radius 3 is 3.04 bits per heavy atom. The summed E-state index contributed by atoms with van der Waals surface area (Å²) in [6.45, 7) is 5.13. The highest BCUT2D eigenvalue weighted by molar-refractivity contribution is 7.91. The van der Waals surface area contributed by atoms with E-state index in [-0.39, 0.29) is 29.1 Å². The second-order valence-corrected chi connectivity index (χ2v) is 9.52. The molecule has 8 heteroatoms. The highest BCUT2D eigenvalue weighted by atomic mass is 32.2. The lowest BCUT2D eigenvalue weighted by Crippen LogP contribution is -2.49. The third kappa shape index (κ3) is 4.08. The Bertz CT molecular complexity index is 619. The molecule has 1 amide bonds. The number of hydrogen-bond donors (Lipinski definition) is 1. The van der Waals surface area contributed by atoms with E-state index in [2.05, 4.69) is 22.3 Å². The maximum atomic E-state index is 12.4. The van der Waals surface area contributed by atoms with Gasteiger partial charge >= 0.3 is 0 Å². The molecule has 2 atom stereocenters. The van der Waals surface area contributed by atoms with E-state index in [0.29, 0.717) is 18.6 Å². The number of piperidine rings is 1. The molecule has 0 saturated carbocycles. The molecule has 0 aromatic rings. The molecule has 2 saturated heterocycles. The normalized spacial score (nSPS) is 32.5. The van der Waals surface area contributed by atoms with E-state index in [1.807, 2.05) is 0 Å². The number of oxime groups is 1. The van der Waals surface area contributed by atoms with Crippen molar-refractivity contribution in [2.45, 2.75) is 57.1 Å². The van der Waals surface area contributed by atoms with Gasteiger partial charge in [0, 0.05) is 19.0 Å². The molecule has 0 unspecified atom stereocenters. The number of hydrogen-bond acceptors (Lipinski definition) is 6. The third-order valence-corrected chi connectivity index (χ3v) is 6.88. The van der Waals surface area contributed by atoms with Gasteiger partial charge in [0.25, 0.3) is 5.91 Å². The minimum Gasteiger partial charge on any atom is -0.387 e. The summed E-state index contributed by atoms with van der Waals surface area (Å²) in [5.41, 5.74) is 0.0251. The van der Waals surface area contributed by atoms with Crippen LogP contribution in [-0.4, -0.2) is 67.7 Å². The Hall–Kier alpha value is -1.15. The van der Waals surface area contributed by atoms with Gasteiger partial charge in [-0.25, -0.2) is 8.42 Å². The fraction of sp³-hybridized carbons (Fsp3) is 0.875. The Balaban J connectivity index is 1.53. The first-order valence-electron chi connectivity index (χ1n) is 8.90. The van der Waals surface area contributed by atoms with Crippen molar-refractivity contribution < 1.29 is 18.0 Å². The maximum absolute atomic E-state index is 12.4. The van der Waals surface area contributed by atoms with E-state index in [0.717, 1.165) is 32.5 Å². The predicted molar refractivity (Wildman–Crippen MR) is 91.7 cm³/mol. The topological polar surface area (TPSA) is 88.1 Å². The molecule has 1 N–H and O–H groups in total. The van der Waals surface area contributed by atoms with Crippen LogP contribution in [0.4, 0.5) is 0 Å². The van der Waals surface area contributed by atoms with Crippen LogP contribution in [-0.2, 0) is 19.5 Å². The van der Waals surface area contributed by atoms with Crippen LogP contribution >= 0.6 is 0 Å². The van der Waals surface area contributed by atoms with Gasteiger partial charge in [-0.15, -0.1) is 0 Å². The van der Waals surface area contributed by atoms with Crippen molar-refractivity contribution in [3.8, 4) is 0 Å². The Morgan fingerprint density at radius 1 is 1.50 bits per heavy atom. The van der Waals surface area contributed by atoms with Gasteiger partial charge in [0.1, 0.15) is 5.71 Å². The van der Waals surface area contributed by atoms with Crippen LogP contribution < -0.4 is 5.32 Å². The van der Waals surface area contributed by atoms with Crippen molar-refractivity contribution in [3.63, 3.8) is 0 Å². The van der Waals surface area contributed by atoms with E-state index in [1.165, 1.54) is 12.8 Å². The number of carbonyl (C=O) groups excluding carboxylic acids is 1. The average Bonchev–Trinajstić information content (AvgIpc) is 3.09. The molecule has 2 fully saturated rings. The van der Waals surface area contributed by atoms with E-state index in [4.69, 9.17) is 4.84 Å². The number of unbranched alkanes of at least 4 members (excludes halogenated alkanes) is 1. The summed E-state index contributed by atoms with van der Waals surface area (Å²) >= 11 is 0. The Kier molecular flexibility index (Phi) is 5.15. The monoisotopic (exact) mass is 357 g/mol. The Morgan fingerprint density at radius 2 is 2.33 bits per heavy atom. The summed E-state index contributed by atoms with van der Waals surface area (Å²) in [4.78, 5) is 20.5. The lowest BCUT2D eigenvalue weighted by Gasteiger charge is -2.38. The standard InChI is InChI=1S/C16H27N3O4S/c1-2-3-7-19-8-4-6-16(12-19)10-14(18-23-16)15(20)17-13-5-9-24(21,22)11-13/h13H,2-12H2,1H3,(H,17,20)/t13-,16+/m0/s1. The summed E-state index contributed by atoms with van der Waals surface area (Å²) in [7, 11) is -3.00. The molecule has 7 nitrogen and oxygen atoms in total. The van der Waals surface area contributed by atoms with Crippen molar-refractivity contribution in [2.75, 3.05) is 31.1 Å². The van der Waals surface area contributed by atoms with Gasteiger partial charge < -0.3 is 10.2 Å². The van der Waals surface area contributed by atoms with Crippen LogP contribution in [0.15, 0.2) is 5.16 Å². The molecule has 3 aliphatic heterocycles. The molecule has 136 valence electrons. The zero-order chi connectivity index (χ0) is 17.2. The number of rotatable bonds is 5. The van der Waals surface area contributed by atoms with Crippen molar-refractivity contribution in [3.05, 3.63) is 0 Å². The molecule has 0 aliphatic carbocycles. The van der Waals surface area contributed by atoms with Crippen LogP contribution in [0.25, 0.3) is 0 Å². The predicted octanol–water partition coefficient (Wildman–Crippen LogP) is 0.701. The second kappa shape index (κ2) is 7.00. The zero-order valence-corrected chi connectivity index (χ0v) is 15.1. The summed E-state index contributed by atoms with van der Waals surface area (Å²) in [6.07, 6.45) is 5.29. The SMILES string of the molecule is CCCCN1CCC[C@@]2(CC(C(=O)N[C@H]3CCS(=O)(=O)C3)=NO2)C1. The summed E-state index contributed by atoms with van der Waals surface area (Å²) in [5, 5.41) is 6.84. The minimum atomic E-state index is -3.00. The fourth-order valence-electron chi connectivity index (χ4n) is 3.80. The highest BCUT2D eigenvalue weighted by Crippen LogP contribution is 2.33. The third-order valence-electron chi connectivity index (χ3n) is 5.12. The number of carbonyl (C=O) groups is 1. The second-order valence-electron chi connectivity index (χ2n) is 7.30. The number of amides is 1. The fourth-order valence-corrected chi connectivity index (χ4v) is 5.48. The van der Waals surface area contributed by atoms with Crippen LogP contribution in [0.1, 0.15) is 45.4 Å². The molecular formula is C16H27N3O4S. The van der Waals surface area contributed by atoms with Crippen LogP contribution in [0, 0.1) is 0 Å². The summed E-state index contributed by atoms with van der Waals surface area (Å²) < 4.78 is 23.0. The average molecular weight is 357 g/mol. The first-order valence-corrected chi connectivity index (χ1v) is 10.7. The van der Waals surface area contributed by atoms with Crippen LogP contribution in [0.2, 0.25) is 0 Å². The number of nitrogens with one attached hydrogen (secondary N) is 1.